The minimum atomic E-state index is -0.418. The van der Waals surface area contributed by atoms with E-state index in [1.54, 1.807) is 11.8 Å². The van der Waals surface area contributed by atoms with Crippen LogP contribution >= 0.6 is 46.2 Å². The largest absolute Gasteiger partial charge is 0.300 e. The van der Waals surface area contributed by atoms with Crippen LogP contribution in [0.1, 0.15) is 17.3 Å². The van der Waals surface area contributed by atoms with Gasteiger partial charge in [-0.1, -0.05) is 53.1 Å². The van der Waals surface area contributed by atoms with Crippen molar-refractivity contribution in [3.63, 3.8) is 0 Å². The Morgan fingerprint density at radius 3 is 2.21 bits per heavy atom. The van der Waals surface area contributed by atoms with Gasteiger partial charge in [-0.2, -0.15) is 0 Å². The molecule has 0 aliphatic carbocycles. The van der Waals surface area contributed by atoms with E-state index in [1.165, 1.54) is 47.4 Å². The number of thioether (sulfide) groups is 2. The lowest BCUT2D eigenvalue weighted by molar-refractivity contribution is -0.113. The third-order valence-corrected chi connectivity index (χ3v) is 6.81. The number of aromatic nitrogens is 4. The van der Waals surface area contributed by atoms with E-state index < -0.39 is 11.7 Å². The van der Waals surface area contributed by atoms with Crippen LogP contribution < -0.4 is 10.6 Å². The Balaban J connectivity index is 1.48. The van der Waals surface area contributed by atoms with Gasteiger partial charge in [0.05, 0.1) is 5.75 Å². The first kappa shape index (κ1) is 20.6. The minimum absolute atomic E-state index is 0.121. The molecular formula is C15H13FN6O2S4. The van der Waals surface area contributed by atoms with E-state index >= 15 is 0 Å². The molecule has 0 fully saturated rings. The second-order valence-electron chi connectivity index (χ2n) is 4.98. The summed E-state index contributed by atoms with van der Waals surface area (Å²) in [6, 6.07) is 5.17. The van der Waals surface area contributed by atoms with Crippen molar-refractivity contribution < 1.29 is 14.0 Å². The minimum Gasteiger partial charge on any atom is -0.300 e. The highest BCUT2D eigenvalue weighted by Gasteiger charge is 2.13. The first-order chi connectivity index (χ1) is 13.5. The fourth-order valence-electron chi connectivity index (χ4n) is 1.81. The molecule has 0 aliphatic rings. The normalized spacial score (nSPS) is 10.6. The molecule has 3 rings (SSSR count). The van der Waals surface area contributed by atoms with E-state index in [0.717, 1.165) is 21.4 Å². The van der Waals surface area contributed by atoms with Crippen LogP contribution in [0.4, 0.5) is 14.7 Å². The molecule has 0 atom stereocenters. The van der Waals surface area contributed by atoms with E-state index in [0.29, 0.717) is 20.2 Å². The molecule has 28 heavy (non-hydrogen) atoms. The van der Waals surface area contributed by atoms with Crippen molar-refractivity contribution in [3.05, 3.63) is 35.6 Å². The van der Waals surface area contributed by atoms with Gasteiger partial charge in [0.25, 0.3) is 5.91 Å². The van der Waals surface area contributed by atoms with Crippen molar-refractivity contribution >= 4 is 68.3 Å². The summed E-state index contributed by atoms with van der Waals surface area (Å²) in [6.07, 6.45) is 0. The lowest BCUT2D eigenvalue weighted by atomic mass is 10.2. The molecule has 0 spiro atoms. The smallest absolute Gasteiger partial charge is 0.257 e. The van der Waals surface area contributed by atoms with Crippen LogP contribution in [0.2, 0.25) is 0 Å². The van der Waals surface area contributed by atoms with Gasteiger partial charge in [0.2, 0.25) is 16.2 Å². The number of nitrogens with zero attached hydrogens (tertiary/aromatic N) is 4. The van der Waals surface area contributed by atoms with Gasteiger partial charge in [-0.05, 0) is 30.0 Å². The number of anilines is 2. The quantitative estimate of drug-likeness (QED) is 0.391. The van der Waals surface area contributed by atoms with E-state index in [1.807, 2.05) is 6.92 Å². The van der Waals surface area contributed by atoms with Crippen LogP contribution in [0.5, 0.6) is 0 Å². The zero-order chi connectivity index (χ0) is 19.9. The maximum absolute atomic E-state index is 12.9. The Bertz CT molecular complexity index is 962. The Morgan fingerprint density at radius 2 is 1.57 bits per heavy atom. The molecule has 0 unspecified atom stereocenters. The van der Waals surface area contributed by atoms with Crippen molar-refractivity contribution in [2.45, 2.75) is 15.6 Å². The van der Waals surface area contributed by atoms with Crippen LogP contribution in [0, 0.1) is 5.82 Å². The molecule has 3 aromatic rings. The molecule has 0 saturated heterocycles. The second kappa shape index (κ2) is 9.91. The molecule has 0 radical (unpaired) electrons. The molecule has 2 heterocycles. The summed E-state index contributed by atoms with van der Waals surface area (Å²) >= 11 is 5.22. The van der Waals surface area contributed by atoms with E-state index in [4.69, 9.17) is 0 Å². The van der Waals surface area contributed by atoms with Gasteiger partial charge in [-0.25, -0.2) is 4.39 Å². The highest BCUT2D eigenvalue weighted by atomic mass is 32.2. The molecule has 0 bridgehead atoms. The first-order valence-corrected chi connectivity index (χ1v) is 11.4. The van der Waals surface area contributed by atoms with Crippen LogP contribution in [0.15, 0.2) is 32.9 Å². The summed E-state index contributed by atoms with van der Waals surface area (Å²) in [7, 11) is 0. The molecule has 0 aliphatic heterocycles. The van der Waals surface area contributed by atoms with Crippen molar-refractivity contribution in [2.75, 3.05) is 22.1 Å². The summed E-state index contributed by atoms with van der Waals surface area (Å²) < 4.78 is 14.2. The topological polar surface area (TPSA) is 110 Å². The summed E-state index contributed by atoms with van der Waals surface area (Å²) in [4.78, 5) is 24.1. The standard InChI is InChI=1S/C15H13FN6O2S4/c1-2-25-14-21-19-12(27-14)17-10(23)7-26-15-22-20-13(28-15)18-11(24)8-3-5-9(16)6-4-8/h3-6H,2,7H2,1H3,(H,17,19,23)(H,18,20,24). The van der Waals surface area contributed by atoms with Gasteiger partial charge in [0.1, 0.15) is 5.82 Å². The number of rotatable bonds is 8. The first-order valence-electron chi connectivity index (χ1n) is 7.83. The number of benzene rings is 1. The maximum Gasteiger partial charge on any atom is 0.257 e. The van der Waals surface area contributed by atoms with Crippen LogP contribution in [-0.4, -0.2) is 43.7 Å². The fourth-order valence-corrected chi connectivity index (χ4v) is 5.03. The number of halogens is 1. The average Bonchev–Trinajstić information content (AvgIpc) is 3.30. The third kappa shape index (κ3) is 5.95. The molecule has 2 aromatic heterocycles. The highest BCUT2D eigenvalue weighted by Crippen LogP contribution is 2.27. The maximum atomic E-state index is 12.9. The number of carbonyl (C=O) groups excluding carboxylic acids is 2. The molecule has 8 nitrogen and oxygen atoms in total. The van der Waals surface area contributed by atoms with Gasteiger partial charge < -0.3 is 0 Å². The van der Waals surface area contributed by atoms with Crippen molar-refractivity contribution in [3.8, 4) is 0 Å². The van der Waals surface area contributed by atoms with Crippen LogP contribution in [0.3, 0.4) is 0 Å². The zero-order valence-corrected chi connectivity index (χ0v) is 17.6. The molecule has 1 aromatic carbocycles. The van der Waals surface area contributed by atoms with Gasteiger partial charge >= 0.3 is 0 Å². The van der Waals surface area contributed by atoms with E-state index in [2.05, 4.69) is 31.0 Å². The summed E-state index contributed by atoms with van der Waals surface area (Å²) in [5.74, 6) is -0.0617. The molecule has 2 amide bonds. The Morgan fingerprint density at radius 1 is 0.964 bits per heavy atom. The predicted octanol–water partition coefficient (Wildman–Crippen LogP) is 3.62. The summed E-state index contributed by atoms with van der Waals surface area (Å²) in [6.45, 7) is 2.01. The van der Waals surface area contributed by atoms with Gasteiger partial charge in [0.15, 0.2) is 8.68 Å². The second-order valence-corrected chi connectivity index (χ2v) is 9.67. The summed E-state index contributed by atoms with van der Waals surface area (Å²) in [5, 5.41) is 21.7. The number of carbonyl (C=O) groups is 2. The Kier molecular flexibility index (Phi) is 7.30. The van der Waals surface area contributed by atoms with Crippen molar-refractivity contribution in [1.82, 2.24) is 20.4 Å². The SMILES string of the molecule is CCSc1nnc(NC(=O)CSc2nnc(NC(=O)c3ccc(F)cc3)s2)s1. The molecule has 13 heteroatoms. The lowest BCUT2D eigenvalue weighted by Crippen LogP contribution is -2.13. The van der Waals surface area contributed by atoms with E-state index in [9.17, 15) is 14.0 Å². The van der Waals surface area contributed by atoms with Crippen LogP contribution in [0.25, 0.3) is 0 Å². The van der Waals surface area contributed by atoms with Gasteiger partial charge in [-0.15, -0.1) is 20.4 Å². The van der Waals surface area contributed by atoms with E-state index in [-0.39, 0.29) is 11.7 Å². The highest BCUT2D eigenvalue weighted by molar-refractivity contribution is 8.01. The van der Waals surface area contributed by atoms with Crippen LogP contribution in [-0.2, 0) is 4.79 Å². The molecule has 146 valence electrons. The van der Waals surface area contributed by atoms with Gasteiger partial charge in [0, 0.05) is 5.56 Å². The predicted molar refractivity (Wildman–Crippen MR) is 110 cm³/mol. The number of nitrogens with one attached hydrogen (secondary N) is 2. The molecule has 0 saturated carbocycles. The fraction of sp³-hybridized carbons (Fsp3) is 0.200. The van der Waals surface area contributed by atoms with Crippen molar-refractivity contribution in [2.24, 2.45) is 0 Å². The number of hydrogen-bond acceptors (Lipinski definition) is 10. The Hall–Kier alpha value is -2.09. The molecular weight excluding hydrogens is 443 g/mol. The number of hydrogen-bond donors (Lipinski definition) is 2. The Labute approximate surface area is 175 Å². The average molecular weight is 457 g/mol. The number of amides is 2. The molecule has 2 N–H and O–H groups in total. The third-order valence-electron chi connectivity index (χ3n) is 2.98. The zero-order valence-electron chi connectivity index (χ0n) is 14.3. The van der Waals surface area contributed by atoms with Crippen molar-refractivity contribution in [1.29, 1.82) is 0 Å². The monoisotopic (exact) mass is 456 g/mol. The summed E-state index contributed by atoms with van der Waals surface area (Å²) in [5.41, 5.74) is 0.308. The lowest BCUT2D eigenvalue weighted by Gasteiger charge is -2.00. The van der Waals surface area contributed by atoms with Gasteiger partial charge in [-0.3, -0.25) is 20.2 Å².